The minimum Gasteiger partial charge on any atom is -0.483 e. The lowest BCUT2D eigenvalue weighted by Crippen LogP contribution is -2.56. The van der Waals surface area contributed by atoms with E-state index in [1.807, 2.05) is 0 Å². The summed E-state index contributed by atoms with van der Waals surface area (Å²) in [6, 6.07) is 3.34. The van der Waals surface area contributed by atoms with E-state index in [0.29, 0.717) is 38.8 Å². The average molecular weight is 441 g/mol. The zero-order valence-corrected chi connectivity index (χ0v) is 17.1. The fraction of sp³-hybridized carbons (Fsp3) is 0.389. The maximum absolute atomic E-state index is 12.6. The van der Waals surface area contributed by atoms with Crippen LogP contribution in [0.15, 0.2) is 24.5 Å². The highest BCUT2D eigenvalue weighted by Gasteiger charge is 2.34. The van der Waals surface area contributed by atoms with Crippen LogP contribution in [0.2, 0.25) is 10.0 Å². The maximum atomic E-state index is 12.6. The Bertz CT molecular complexity index is 874. The third kappa shape index (κ3) is 4.10. The van der Waals surface area contributed by atoms with Crippen LogP contribution in [0.5, 0.6) is 5.75 Å². The van der Waals surface area contributed by atoms with Crippen LogP contribution in [0.25, 0.3) is 0 Å². The van der Waals surface area contributed by atoms with Crippen LogP contribution in [-0.2, 0) is 4.79 Å². The molecule has 0 radical (unpaired) electrons. The highest BCUT2D eigenvalue weighted by atomic mass is 35.5. The average Bonchev–Trinajstić information content (AvgIpc) is 3.31. The van der Waals surface area contributed by atoms with Crippen molar-refractivity contribution in [3.05, 3.63) is 39.4 Å². The first-order valence-electron chi connectivity index (χ1n) is 8.90. The van der Waals surface area contributed by atoms with Crippen molar-refractivity contribution >= 4 is 51.4 Å². The molecule has 0 unspecified atom stereocenters. The van der Waals surface area contributed by atoms with E-state index in [2.05, 4.69) is 15.6 Å². The highest BCUT2D eigenvalue weighted by molar-refractivity contribution is 7.18. The highest BCUT2D eigenvalue weighted by Crippen LogP contribution is 2.34. The van der Waals surface area contributed by atoms with Crippen LogP contribution >= 0.6 is 34.5 Å². The number of halogens is 2. The van der Waals surface area contributed by atoms with Crippen LogP contribution in [0.1, 0.15) is 22.5 Å². The van der Waals surface area contributed by atoms with Gasteiger partial charge >= 0.3 is 0 Å². The Balaban J connectivity index is 1.30. The molecule has 7 nitrogen and oxygen atoms in total. The molecule has 148 valence electrons. The Kier molecular flexibility index (Phi) is 5.73. The van der Waals surface area contributed by atoms with Crippen LogP contribution in [-0.4, -0.2) is 53.5 Å². The Morgan fingerprint density at radius 2 is 2.00 bits per heavy atom. The molecule has 2 amide bonds. The van der Waals surface area contributed by atoms with Crippen molar-refractivity contribution in [1.82, 2.24) is 15.2 Å². The number of hydrogen-bond acceptors (Lipinski definition) is 6. The molecule has 2 aromatic rings. The Labute approximate surface area is 176 Å². The smallest absolute Gasteiger partial charge is 0.264 e. The molecule has 0 saturated carbocycles. The van der Waals surface area contributed by atoms with Gasteiger partial charge in [0, 0.05) is 12.4 Å². The predicted molar refractivity (Wildman–Crippen MR) is 109 cm³/mol. The van der Waals surface area contributed by atoms with Crippen LogP contribution in [0, 0.1) is 0 Å². The summed E-state index contributed by atoms with van der Waals surface area (Å²) in [4.78, 5) is 30.9. The number of amides is 2. The number of aromatic nitrogens is 1. The third-order valence-electron chi connectivity index (χ3n) is 4.67. The number of pyridine rings is 1. The van der Waals surface area contributed by atoms with E-state index in [0.717, 1.165) is 19.4 Å². The molecule has 0 aromatic carbocycles. The first-order valence-corrected chi connectivity index (χ1v) is 10.5. The van der Waals surface area contributed by atoms with Gasteiger partial charge in [0.2, 0.25) is 5.91 Å². The van der Waals surface area contributed by atoms with Crippen molar-refractivity contribution in [1.29, 1.82) is 0 Å². The zero-order chi connectivity index (χ0) is 19.7. The Morgan fingerprint density at radius 3 is 2.68 bits per heavy atom. The number of nitrogens with one attached hydrogen (secondary N) is 2. The molecule has 2 aliphatic heterocycles. The van der Waals surface area contributed by atoms with Crippen LogP contribution in [0.4, 0.5) is 5.00 Å². The van der Waals surface area contributed by atoms with E-state index >= 15 is 0 Å². The van der Waals surface area contributed by atoms with E-state index in [-0.39, 0.29) is 24.0 Å². The largest absolute Gasteiger partial charge is 0.483 e. The molecule has 0 aliphatic carbocycles. The summed E-state index contributed by atoms with van der Waals surface area (Å²) in [6.45, 7) is 1.75. The fourth-order valence-corrected chi connectivity index (χ4v) is 4.48. The minimum absolute atomic E-state index is 0.0538. The molecule has 2 N–H and O–H groups in total. The number of carbonyl (C=O) groups excluding carboxylic acids is 2. The fourth-order valence-electron chi connectivity index (χ4n) is 3.15. The summed E-state index contributed by atoms with van der Waals surface area (Å²) in [5, 5.41) is 7.38. The molecule has 2 fully saturated rings. The summed E-state index contributed by atoms with van der Waals surface area (Å²) < 4.78 is 5.78. The van der Waals surface area contributed by atoms with Gasteiger partial charge in [0.25, 0.3) is 5.91 Å². The monoisotopic (exact) mass is 440 g/mol. The van der Waals surface area contributed by atoms with Crippen molar-refractivity contribution < 1.29 is 14.3 Å². The lowest BCUT2D eigenvalue weighted by molar-refractivity contribution is -0.117. The Morgan fingerprint density at radius 1 is 1.25 bits per heavy atom. The van der Waals surface area contributed by atoms with Crippen LogP contribution < -0.4 is 15.4 Å². The van der Waals surface area contributed by atoms with E-state index in [1.165, 1.54) is 23.7 Å². The minimum atomic E-state index is -0.172. The Hall–Kier alpha value is -1.87. The lowest BCUT2D eigenvalue weighted by Gasteiger charge is -2.38. The van der Waals surface area contributed by atoms with Crippen molar-refractivity contribution in [2.75, 3.05) is 25.0 Å². The standard InChI is InChI=1S/C18H18Cl2N4O3S/c19-11-6-21-7-12(20)16(11)27-10-8-24(9-10)18(26)14-3-4-15(28-14)23-17(25)13-2-1-5-22-13/h3-4,6-7,10,13,22H,1-2,5,8-9H2,(H,23,25)/t13-/m0/s1. The van der Waals surface area contributed by atoms with Crippen molar-refractivity contribution in [2.45, 2.75) is 25.0 Å². The third-order valence-corrected chi connectivity index (χ3v) is 6.20. The van der Waals surface area contributed by atoms with E-state index < -0.39 is 0 Å². The summed E-state index contributed by atoms with van der Waals surface area (Å²) in [5.41, 5.74) is 0. The quantitative estimate of drug-likeness (QED) is 0.746. The number of hydrogen-bond donors (Lipinski definition) is 2. The van der Waals surface area contributed by atoms with Crippen LogP contribution in [0.3, 0.4) is 0 Å². The van der Waals surface area contributed by atoms with E-state index in [4.69, 9.17) is 27.9 Å². The second kappa shape index (κ2) is 8.24. The first kappa shape index (κ1) is 19.4. The number of thiophene rings is 1. The topological polar surface area (TPSA) is 83.6 Å². The molecule has 10 heteroatoms. The van der Waals surface area contributed by atoms with Crippen molar-refractivity contribution in [3.8, 4) is 5.75 Å². The molecule has 0 spiro atoms. The van der Waals surface area contributed by atoms with Gasteiger partial charge in [-0.3, -0.25) is 14.6 Å². The number of ether oxygens (including phenoxy) is 1. The summed E-state index contributed by atoms with van der Waals surface area (Å²) in [7, 11) is 0. The molecule has 2 aliphatic rings. The number of carbonyl (C=O) groups is 2. The zero-order valence-electron chi connectivity index (χ0n) is 14.8. The first-order chi connectivity index (χ1) is 13.5. The summed E-state index contributed by atoms with van der Waals surface area (Å²) in [5.74, 6) is 0.246. The SMILES string of the molecule is O=C(Nc1ccc(C(=O)N2CC(Oc3c(Cl)cncc3Cl)C2)s1)[C@@H]1CCCN1. The molecule has 4 rings (SSSR count). The van der Waals surface area contributed by atoms with Gasteiger partial charge < -0.3 is 20.3 Å². The van der Waals surface area contributed by atoms with Gasteiger partial charge in [-0.25, -0.2) is 0 Å². The normalized spacial score (nSPS) is 19.4. The van der Waals surface area contributed by atoms with Gasteiger partial charge in [-0.05, 0) is 31.5 Å². The summed E-state index contributed by atoms with van der Waals surface area (Å²) >= 11 is 13.4. The second-order valence-corrected chi connectivity index (χ2v) is 8.58. The lowest BCUT2D eigenvalue weighted by atomic mass is 10.1. The van der Waals surface area contributed by atoms with Crippen molar-refractivity contribution in [2.24, 2.45) is 0 Å². The molecule has 28 heavy (non-hydrogen) atoms. The molecule has 2 aromatic heterocycles. The molecular formula is C18H18Cl2N4O3S. The van der Waals surface area contributed by atoms with Gasteiger partial charge in [0.05, 0.1) is 29.0 Å². The maximum Gasteiger partial charge on any atom is 0.264 e. The molecule has 4 heterocycles. The molecule has 2 saturated heterocycles. The molecule has 1 atom stereocenters. The number of rotatable bonds is 5. The number of anilines is 1. The van der Waals surface area contributed by atoms with Gasteiger partial charge in [0.1, 0.15) is 16.1 Å². The van der Waals surface area contributed by atoms with Gasteiger partial charge in [-0.1, -0.05) is 23.2 Å². The summed E-state index contributed by atoms with van der Waals surface area (Å²) in [6.07, 6.45) is 4.60. The van der Waals surface area contributed by atoms with Crippen molar-refractivity contribution in [3.63, 3.8) is 0 Å². The number of likely N-dealkylation sites (tertiary alicyclic amines) is 1. The number of nitrogens with zero attached hydrogens (tertiary/aromatic N) is 2. The van der Waals surface area contributed by atoms with Gasteiger partial charge in [-0.15, -0.1) is 11.3 Å². The van der Waals surface area contributed by atoms with E-state index in [1.54, 1.807) is 17.0 Å². The van der Waals surface area contributed by atoms with E-state index in [9.17, 15) is 9.59 Å². The molecular weight excluding hydrogens is 423 g/mol. The predicted octanol–water partition coefficient (Wildman–Crippen LogP) is 3.04. The van der Waals surface area contributed by atoms with Gasteiger partial charge in [0.15, 0.2) is 5.75 Å². The molecule has 0 bridgehead atoms. The van der Waals surface area contributed by atoms with Gasteiger partial charge in [-0.2, -0.15) is 0 Å². The second-order valence-electron chi connectivity index (χ2n) is 6.68.